The van der Waals surface area contributed by atoms with Crippen LogP contribution in [0.2, 0.25) is 5.02 Å². The molecule has 2 aromatic heterocycles. The molecule has 0 radical (unpaired) electrons. The van der Waals surface area contributed by atoms with Crippen molar-refractivity contribution in [3.05, 3.63) is 52.0 Å². The normalized spacial score (nSPS) is 10.7. The Hall–Kier alpha value is -2.60. The van der Waals surface area contributed by atoms with Gasteiger partial charge in [-0.2, -0.15) is 4.98 Å². The Morgan fingerprint density at radius 2 is 1.90 bits per heavy atom. The van der Waals surface area contributed by atoms with Crippen LogP contribution in [-0.2, 0) is 0 Å². The molecule has 0 saturated carbocycles. The lowest BCUT2D eigenvalue weighted by Gasteiger charge is -2.05. The number of aromatic hydroxyl groups is 1. The highest BCUT2D eigenvalue weighted by Gasteiger charge is 2.14. The monoisotopic (exact) mass is 288 g/mol. The summed E-state index contributed by atoms with van der Waals surface area (Å²) in [6.45, 7) is 0. The Morgan fingerprint density at radius 1 is 1.15 bits per heavy atom. The largest absolute Gasteiger partial charge is 0.493 e. The van der Waals surface area contributed by atoms with Crippen molar-refractivity contribution in [1.29, 1.82) is 0 Å². The van der Waals surface area contributed by atoms with E-state index in [9.17, 15) is 9.90 Å². The van der Waals surface area contributed by atoms with Gasteiger partial charge in [-0.1, -0.05) is 23.7 Å². The van der Waals surface area contributed by atoms with E-state index in [1.54, 1.807) is 30.5 Å². The van der Waals surface area contributed by atoms with Gasteiger partial charge >= 0.3 is 0 Å². The van der Waals surface area contributed by atoms with Gasteiger partial charge in [0.25, 0.3) is 5.56 Å². The Labute approximate surface area is 118 Å². The number of aromatic nitrogens is 4. The minimum Gasteiger partial charge on any atom is -0.493 e. The molecule has 0 saturated heterocycles. The number of halogens is 1. The molecule has 2 heterocycles. The first-order valence-corrected chi connectivity index (χ1v) is 6.12. The molecule has 0 aliphatic heterocycles. The minimum absolute atomic E-state index is 0.0944. The summed E-state index contributed by atoms with van der Waals surface area (Å²) >= 11 is 5.80. The molecule has 20 heavy (non-hydrogen) atoms. The van der Waals surface area contributed by atoms with Crippen molar-refractivity contribution in [3.63, 3.8) is 0 Å². The van der Waals surface area contributed by atoms with Crippen molar-refractivity contribution in [2.24, 2.45) is 0 Å². The van der Waals surface area contributed by atoms with E-state index >= 15 is 0 Å². The Balaban J connectivity index is 2.14. The number of rotatable bonds is 2. The highest BCUT2D eigenvalue weighted by molar-refractivity contribution is 6.30. The fourth-order valence-electron chi connectivity index (χ4n) is 1.85. The number of nitrogens with zero attached hydrogens (tertiary/aromatic N) is 2. The molecule has 0 bridgehead atoms. The van der Waals surface area contributed by atoms with Gasteiger partial charge in [0.15, 0.2) is 11.6 Å². The molecule has 1 aromatic carbocycles. The fraction of sp³-hybridized carbons (Fsp3) is 0. The maximum atomic E-state index is 12.1. The van der Waals surface area contributed by atoms with Gasteiger partial charge in [0.2, 0.25) is 5.88 Å². The van der Waals surface area contributed by atoms with Gasteiger partial charge in [0, 0.05) is 17.4 Å². The maximum Gasteiger partial charge on any atom is 0.263 e. The molecule has 0 amide bonds. The van der Waals surface area contributed by atoms with E-state index in [0.717, 1.165) is 0 Å². The third-order valence-corrected chi connectivity index (χ3v) is 3.01. The van der Waals surface area contributed by atoms with Gasteiger partial charge in [-0.3, -0.25) is 4.79 Å². The van der Waals surface area contributed by atoms with E-state index in [-0.39, 0.29) is 17.3 Å². The van der Waals surface area contributed by atoms with Gasteiger partial charge in [0.05, 0.1) is 0 Å². The molecule has 6 nitrogen and oxygen atoms in total. The van der Waals surface area contributed by atoms with Gasteiger partial charge in [-0.15, -0.1) is 0 Å². The predicted molar refractivity (Wildman–Crippen MR) is 74.6 cm³/mol. The zero-order valence-corrected chi connectivity index (χ0v) is 10.8. The number of hydrogen-bond acceptors (Lipinski definition) is 4. The molecule has 0 aliphatic carbocycles. The van der Waals surface area contributed by atoms with E-state index in [2.05, 4.69) is 19.9 Å². The van der Waals surface area contributed by atoms with Crippen LogP contribution < -0.4 is 5.56 Å². The van der Waals surface area contributed by atoms with Crippen molar-refractivity contribution in [3.8, 4) is 28.7 Å². The number of imidazole rings is 1. The van der Waals surface area contributed by atoms with Crippen LogP contribution in [0.3, 0.4) is 0 Å². The van der Waals surface area contributed by atoms with E-state index in [1.807, 2.05) is 0 Å². The summed E-state index contributed by atoms with van der Waals surface area (Å²) in [5.41, 5.74) is 0.176. The van der Waals surface area contributed by atoms with E-state index in [0.29, 0.717) is 16.4 Å². The molecule has 100 valence electrons. The molecular formula is C13H9ClN4O2. The average molecular weight is 289 g/mol. The summed E-state index contributed by atoms with van der Waals surface area (Å²) in [6.07, 6.45) is 3.12. The summed E-state index contributed by atoms with van der Waals surface area (Å²) in [6, 6.07) is 6.55. The second kappa shape index (κ2) is 4.82. The van der Waals surface area contributed by atoms with Crippen molar-refractivity contribution >= 4 is 11.6 Å². The molecule has 0 atom stereocenters. The molecule has 0 unspecified atom stereocenters. The average Bonchev–Trinajstić information content (AvgIpc) is 2.94. The Kier molecular flexibility index (Phi) is 3.00. The molecule has 3 N–H and O–H groups in total. The number of aromatic amines is 2. The highest BCUT2D eigenvalue weighted by Crippen LogP contribution is 2.25. The topological polar surface area (TPSA) is 94.7 Å². The van der Waals surface area contributed by atoms with Crippen LogP contribution in [0.4, 0.5) is 0 Å². The number of hydrogen-bond donors (Lipinski definition) is 3. The van der Waals surface area contributed by atoms with Crippen molar-refractivity contribution in [2.75, 3.05) is 0 Å². The van der Waals surface area contributed by atoms with Crippen molar-refractivity contribution < 1.29 is 5.11 Å². The third kappa shape index (κ3) is 2.17. The molecule has 0 aliphatic rings. The van der Waals surface area contributed by atoms with Gasteiger partial charge in [-0.05, 0) is 17.7 Å². The van der Waals surface area contributed by atoms with E-state index in [1.165, 1.54) is 6.20 Å². The summed E-state index contributed by atoms with van der Waals surface area (Å²) in [7, 11) is 0. The lowest BCUT2D eigenvalue weighted by Crippen LogP contribution is -2.12. The second-order valence-electron chi connectivity index (χ2n) is 4.06. The van der Waals surface area contributed by atoms with Crippen LogP contribution >= 0.6 is 11.6 Å². The molecule has 0 fully saturated rings. The summed E-state index contributed by atoms with van der Waals surface area (Å²) in [5.74, 6) is 0.192. The molecule has 3 rings (SSSR count). The van der Waals surface area contributed by atoms with Crippen LogP contribution in [0.25, 0.3) is 22.8 Å². The number of nitrogens with one attached hydrogen (secondary N) is 2. The fourth-order valence-corrected chi connectivity index (χ4v) is 1.97. The third-order valence-electron chi connectivity index (χ3n) is 2.76. The van der Waals surface area contributed by atoms with Gasteiger partial charge in [0.1, 0.15) is 5.56 Å². The van der Waals surface area contributed by atoms with Crippen LogP contribution in [0.15, 0.2) is 41.5 Å². The van der Waals surface area contributed by atoms with E-state index < -0.39 is 5.56 Å². The van der Waals surface area contributed by atoms with Gasteiger partial charge < -0.3 is 15.1 Å². The number of H-pyrrole nitrogens is 2. The zero-order valence-electron chi connectivity index (χ0n) is 10.1. The summed E-state index contributed by atoms with van der Waals surface area (Å²) in [4.78, 5) is 25.4. The predicted octanol–water partition coefficient (Wildman–Crippen LogP) is 2.19. The lowest BCUT2D eigenvalue weighted by atomic mass is 10.1. The highest BCUT2D eigenvalue weighted by atomic mass is 35.5. The van der Waals surface area contributed by atoms with Crippen LogP contribution in [0.1, 0.15) is 0 Å². The van der Waals surface area contributed by atoms with Crippen molar-refractivity contribution in [2.45, 2.75) is 0 Å². The maximum absolute atomic E-state index is 12.1. The molecule has 7 heteroatoms. The quantitative estimate of drug-likeness (QED) is 0.673. The minimum atomic E-state index is -0.453. The number of benzene rings is 1. The molecule has 0 spiro atoms. The Morgan fingerprint density at radius 3 is 2.50 bits per heavy atom. The first kappa shape index (κ1) is 12.4. The smallest absolute Gasteiger partial charge is 0.263 e. The lowest BCUT2D eigenvalue weighted by molar-refractivity contribution is 0.454. The zero-order chi connectivity index (χ0) is 14.1. The van der Waals surface area contributed by atoms with Crippen LogP contribution in [-0.4, -0.2) is 25.0 Å². The first-order valence-electron chi connectivity index (χ1n) is 5.74. The summed E-state index contributed by atoms with van der Waals surface area (Å²) < 4.78 is 0. The standard InChI is InChI=1S/C13H9ClN4O2/c14-8-3-1-7(2-4-8)9-12(19)17-11(18-13(9)20)10-15-5-6-16-10/h1-6H,(H,15,16)(H2,17,18,19,20). The second-order valence-corrected chi connectivity index (χ2v) is 4.49. The van der Waals surface area contributed by atoms with E-state index in [4.69, 9.17) is 11.6 Å². The molecular weight excluding hydrogens is 280 g/mol. The SMILES string of the molecule is O=c1[nH]c(-c2ncc[nH]2)nc(O)c1-c1ccc(Cl)cc1. The van der Waals surface area contributed by atoms with Crippen LogP contribution in [0, 0.1) is 0 Å². The van der Waals surface area contributed by atoms with Crippen LogP contribution in [0.5, 0.6) is 5.88 Å². The Bertz CT molecular complexity index is 794. The first-order chi connectivity index (χ1) is 9.65. The van der Waals surface area contributed by atoms with Gasteiger partial charge in [-0.25, -0.2) is 4.98 Å². The summed E-state index contributed by atoms with van der Waals surface area (Å²) in [5, 5.41) is 10.5. The molecule has 3 aromatic rings. The van der Waals surface area contributed by atoms with Crippen molar-refractivity contribution in [1.82, 2.24) is 19.9 Å².